The lowest BCUT2D eigenvalue weighted by Crippen LogP contribution is -1.93. The summed E-state index contributed by atoms with van der Waals surface area (Å²) in [5.74, 6) is 0.781. The summed E-state index contributed by atoms with van der Waals surface area (Å²) in [5.41, 5.74) is 5.53. The summed E-state index contributed by atoms with van der Waals surface area (Å²) in [5, 5.41) is 18.3. The summed E-state index contributed by atoms with van der Waals surface area (Å²) in [6, 6.07) is 12.6. The lowest BCUT2D eigenvalue weighted by atomic mass is 10.1. The molecule has 26 heavy (non-hydrogen) atoms. The molecule has 1 aromatic carbocycles. The molecule has 0 spiro atoms. The second kappa shape index (κ2) is 6.50. The maximum atomic E-state index is 4.76. The Hall–Kier alpha value is -2.22. The van der Waals surface area contributed by atoms with Crippen LogP contribution in [0.4, 0.5) is 0 Å². The van der Waals surface area contributed by atoms with Gasteiger partial charge < -0.3 is 0 Å². The lowest BCUT2D eigenvalue weighted by molar-refractivity contribution is 0.939. The highest BCUT2D eigenvalue weighted by Gasteiger charge is 2.12. The molecule has 5 aromatic rings. The topological polar surface area (TPSA) is 43.1 Å². The smallest absolute Gasteiger partial charge is 0.196 e. The van der Waals surface area contributed by atoms with Gasteiger partial charge in [-0.05, 0) is 36.1 Å². The Morgan fingerprint density at radius 2 is 2.04 bits per heavy atom. The Morgan fingerprint density at radius 3 is 2.92 bits per heavy atom. The van der Waals surface area contributed by atoms with Gasteiger partial charge >= 0.3 is 0 Å². The zero-order valence-corrected chi connectivity index (χ0v) is 16.4. The van der Waals surface area contributed by atoms with Gasteiger partial charge in [-0.3, -0.25) is 4.40 Å². The molecule has 0 saturated carbocycles. The summed E-state index contributed by atoms with van der Waals surface area (Å²) >= 11 is 5.07. The van der Waals surface area contributed by atoms with Crippen LogP contribution in [0.15, 0.2) is 57.7 Å². The van der Waals surface area contributed by atoms with E-state index in [4.69, 9.17) is 4.98 Å². The first-order valence-electron chi connectivity index (χ1n) is 8.13. The van der Waals surface area contributed by atoms with Crippen molar-refractivity contribution >= 4 is 51.0 Å². The van der Waals surface area contributed by atoms with Crippen LogP contribution in [0, 0.1) is 6.92 Å². The Morgan fingerprint density at radius 1 is 1.12 bits per heavy atom. The van der Waals surface area contributed by atoms with Gasteiger partial charge in [-0.1, -0.05) is 30.0 Å². The molecule has 7 heteroatoms. The average Bonchev–Trinajstić information content (AvgIpc) is 3.40. The molecule has 4 aromatic heterocycles. The minimum Gasteiger partial charge on any atom is -0.270 e. The summed E-state index contributed by atoms with van der Waals surface area (Å²) in [7, 11) is 0. The Labute approximate surface area is 162 Å². The van der Waals surface area contributed by atoms with Gasteiger partial charge in [0, 0.05) is 27.5 Å². The maximum Gasteiger partial charge on any atom is 0.196 e. The van der Waals surface area contributed by atoms with E-state index in [9.17, 15) is 0 Å². The zero-order valence-electron chi connectivity index (χ0n) is 13.9. The summed E-state index contributed by atoms with van der Waals surface area (Å²) in [4.78, 5) is 4.76. The Kier molecular flexibility index (Phi) is 4.00. The molecule has 0 aliphatic heterocycles. The van der Waals surface area contributed by atoms with Crippen LogP contribution in [0.2, 0.25) is 0 Å². The van der Waals surface area contributed by atoms with Gasteiger partial charge in [0.25, 0.3) is 0 Å². The van der Waals surface area contributed by atoms with Crippen LogP contribution in [0.25, 0.3) is 27.1 Å². The Bertz CT molecular complexity index is 1200. The second-order valence-electron chi connectivity index (χ2n) is 5.97. The summed E-state index contributed by atoms with van der Waals surface area (Å²) in [6.45, 7) is 2.12. The monoisotopic (exact) mass is 394 g/mol. The number of rotatable bonds is 4. The SMILES string of the molecule is Cc1cc2nnc(SCc3csc(-c4ccsc4)n3)n2c2ccccc12. The Balaban J connectivity index is 1.48. The lowest BCUT2D eigenvalue weighted by Gasteiger charge is -2.06. The van der Waals surface area contributed by atoms with E-state index >= 15 is 0 Å². The first kappa shape index (κ1) is 16.0. The van der Waals surface area contributed by atoms with E-state index in [2.05, 4.69) is 74.1 Å². The first-order chi connectivity index (χ1) is 12.8. The molecule has 0 bridgehead atoms. The molecule has 0 aliphatic carbocycles. The maximum absolute atomic E-state index is 4.76. The molecule has 0 saturated heterocycles. The largest absolute Gasteiger partial charge is 0.270 e. The van der Waals surface area contributed by atoms with Crippen molar-refractivity contribution in [2.75, 3.05) is 0 Å². The number of nitrogens with zero attached hydrogens (tertiary/aromatic N) is 4. The van der Waals surface area contributed by atoms with Crippen molar-refractivity contribution in [2.24, 2.45) is 0 Å². The van der Waals surface area contributed by atoms with Crippen molar-refractivity contribution in [3.8, 4) is 10.6 Å². The number of hydrogen-bond acceptors (Lipinski definition) is 6. The van der Waals surface area contributed by atoms with Gasteiger partial charge in [0.15, 0.2) is 10.8 Å². The number of para-hydroxylation sites is 1. The van der Waals surface area contributed by atoms with Gasteiger partial charge in [-0.15, -0.1) is 21.5 Å². The second-order valence-corrected chi connectivity index (χ2v) is 8.55. The zero-order chi connectivity index (χ0) is 17.5. The molecule has 0 radical (unpaired) electrons. The third kappa shape index (κ3) is 2.72. The number of fused-ring (bicyclic) bond motifs is 3. The average molecular weight is 395 g/mol. The van der Waals surface area contributed by atoms with Crippen LogP contribution >= 0.6 is 34.4 Å². The van der Waals surface area contributed by atoms with Crippen LogP contribution < -0.4 is 0 Å². The van der Waals surface area contributed by atoms with Crippen molar-refractivity contribution < 1.29 is 0 Å². The highest BCUT2D eigenvalue weighted by Crippen LogP contribution is 2.30. The molecule has 5 rings (SSSR count). The fourth-order valence-corrected chi connectivity index (χ4v) is 5.48. The molecule has 4 nitrogen and oxygen atoms in total. The van der Waals surface area contributed by atoms with Crippen molar-refractivity contribution in [2.45, 2.75) is 17.8 Å². The van der Waals surface area contributed by atoms with Crippen LogP contribution in [0.1, 0.15) is 11.3 Å². The first-order valence-corrected chi connectivity index (χ1v) is 10.9. The van der Waals surface area contributed by atoms with Gasteiger partial charge in [0.1, 0.15) is 5.01 Å². The third-order valence-corrected chi connectivity index (χ3v) is 6.83. The fourth-order valence-electron chi connectivity index (χ4n) is 3.00. The van der Waals surface area contributed by atoms with E-state index < -0.39 is 0 Å². The molecular weight excluding hydrogens is 380 g/mol. The van der Waals surface area contributed by atoms with Crippen LogP contribution in [0.3, 0.4) is 0 Å². The van der Waals surface area contributed by atoms with Gasteiger partial charge in [-0.25, -0.2) is 4.98 Å². The molecule has 0 N–H and O–H groups in total. The van der Waals surface area contributed by atoms with Crippen molar-refractivity contribution in [1.29, 1.82) is 0 Å². The normalized spacial score (nSPS) is 11.6. The standard InChI is InChI=1S/C19H14N4S3/c1-12-8-17-21-22-19(23(17)16-5-3-2-4-15(12)16)26-11-14-10-25-18(20-14)13-6-7-24-9-13/h2-10H,11H2,1H3. The predicted octanol–water partition coefficient (Wildman–Crippen LogP) is 5.67. The number of thioether (sulfide) groups is 1. The van der Waals surface area contributed by atoms with Gasteiger partial charge in [0.05, 0.1) is 11.2 Å². The van der Waals surface area contributed by atoms with Crippen LogP contribution in [0.5, 0.6) is 0 Å². The number of benzene rings is 1. The van der Waals surface area contributed by atoms with Gasteiger partial charge in [-0.2, -0.15) is 11.3 Å². The van der Waals surface area contributed by atoms with Crippen LogP contribution in [-0.2, 0) is 5.75 Å². The highest BCUT2D eigenvalue weighted by atomic mass is 32.2. The summed E-state index contributed by atoms with van der Waals surface area (Å²) in [6.07, 6.45) is 0. The van der Waals surface area contributed by atoms with Crippen molar-refractivity contribution in [3.63, 3.8) is 0 Å². The minimum absolute atomic E-state index is 0.781. The van der Waals surface area contributed by atoms with E-state index in [0.717, 1.165) is 32.8 Å². The number of thiazole rings is 1. The quantitative estimate of drug-likeness (QED) is 0.368. The van der Waals surface area contributed by atoms with Crippen molar-refractivity contribution in [3.05, 3.63) is 63.8 Å². The molecule has 4 heterocycles. The molecule has 0 fully saturated rings. The number of aryl methyl sites for hydroxylation is 1. The number of aromatic nitrogens is 4. The third-order valence-electron chi connectivity index (χ3n) is 4.24. The van der Waals surface area contributed by atoms with Crippen LogP contribution in [-0.4, -0.2) is 19.6 Å². The number of hydrogen-bond donors (Lipinski definition) is 0. The van der Waals surface area contributed by atoms with Gasteiger partial charge in [0.2, 0.25) is 0 Å². The fraction of sp³-hybridized carbons (Fsp3) is 0.105. The van der Waals surface area contributed by atoms with E-state index in [1.807, 2.05) is 0 Å². The van der Waals surface area contributed by atoms with E-state index in [1.165, 1.54) is 16.5 Å². The van der Waals surface area contributed by atoms with E-state index in [0.29, 0.717) is 0 Å². The summed E-state index contributed by atoms with van der Waals surface area (Å²) < 4.78 is 2.14. The molecule has 0 atom stereocenters. The minimum atomic E-state index is 0.781. The number of pyridine rings is 1. The predicted molar refractivity (Wildman–Crippen MR) is 110 cm³/mol. The molecule has 0 aliphatic rings. The van der Waals surface area contributed by atoms with E-state index in [-0.39, 0.29) is 0 Å². The molecule has 128 valence electrons. The highest BCUT2D eigenvalue weighted by molar-refractivity contribution is 7.98. The number of thiophene rings is 1. The molecule has 0 amide bonds. The van der Waals surface area contributed by atoms with E-state index in [1.54, 1.807) is 34.4 Å². The van der Waals surface area contributed by atoms with Crippen molar-refractivity contribution in [1.82, 2.24) is 19.6 Å². The molecule has 0 unspecified atom stereocenters. The molecular formula is C19H14N4S3.